The second-order valence-corrected chi connectivity index (χ2v) is 4.26. The lowest BCUT2D eigenvalue weighted by atomic mass is 10.1. The van der Waals surface area contributed by atoms with Gasteiger partial charge < -0.3 is 15.2 Å². The van der Waals surface area contributed by atoms with Gasteiger partial charge in [-0.05, 0) is 17.1 Å². The van der Waals surface area contributed by atoms with Gasteiger partial charge in [0.2, 0.25) is 5.82 Å². The SMILES string of the molecule is O=[N+]([O-])c1ccccc1/C=C/c1ncc([N+](=O)[O-])n1CCO. The number of hydrogen-bond acceptors (Lipinski definition) is 6. The Morgan fingerprint density at radius 3 is 2.55 bits per heavy atom. The lowest BCUT2D eigenvalue weighted by Crippen LogP contribution is -2.07. The zero-order chi connectivity index (χ0) is 16.1. The number of para-hydroxylation sites is 1. The first-order chi connectivity index (χ1) is 10.5. The molecule has 0 unspecified atom stereocenters. The second-order valence-electron chi connectivity index (χ2n) is 4.26. The molecular formula is C13H12N4O5. The van der Waals surface area contributed by atoms with E-state index in [2.05, 4.69) is 4.98 Å². The standard InChI is InChI=1S/C13H12N4O5/c18-8-7-15-12(14-9-13(15)17(21)22)6-5-10-3-1-2-4-11(10)16(19)20/h1-6,9,18H,7-8H2/b6-5+. The van der Waals surface area contributed by atoms with Crippen LogP contribution in [0.3, 0.4) is 0 Å². The van der Waals surface area contributed by atoms with Crippen LogP contribution in [0.1, 0.15) is 11.4 Å². The molecule has 1 aromatic carbocycles. The number of nitrogens with zero attached hydrogens (tertiary/aromatic N) is 4. The summed E-state index contributed by atoms with van der Waals surface area (Å²) in [5.74, 6) is -0.0184. The van der Waals surface area contributed by atoms with Crippen LogP contribution in [0.25, 0.3) is 12.2 Å². The number of aliphatic hydroxyl groups excluding tert-OH is 1. The quantitative estimate of drug-likeness (QED) is 0.641. The highest BCUT2D eigenvalue weighted by Crippen LogP contribution is 2.21. The van der Waals surface area contributed by atoms with Crippen molar-refractivity contribution >= 4 is 23.7 Å². The molecule has 0 atom stereocenters. The molecule has 9 nitrogen and oxygen atoms in total. The van der Waals surface area contributed by atoms with Crippen LogP contribution in [0.2, 0.25) is 0 Å². The number of aliphatic hydroxyl groups is 1. The lowest BCUT2D eigenvalue weighted by Gasteiger charge is -2.00. The molecule has 0 aliphatic heterocycles. The summed E-state index contributed by atoms with van der Waals surface area (Å²) >= 11 is 0. The molecule has 0 saturated carbocycles. The van der Waals surface area contributed by atoms with Crippen LogP contribution in [0.4, 0.5) is 11.5 Å². The molecule has 1 aromatic heterocycles. The minimum absolute atomic E-state index is 0.00682. The van der Waals surface area contributed by atoms with Gasteiger partial charge in [-0.3, -0.25) is 10.1 Å². The number of hydrogen-bond donors (Lipinski definition) is 1. The van der Waals surface area contributed by atoms with E-state index in [-0.39, 0.29) is 30.5 Å². The van der Waals surface area contributed by atoms with E-state index in [1.54, 1.807) is 18.2 Å². The number of imidazole rings is 1. The molecule has 22 heavy (non-hydrogen) atoms. The van der Waals surface area contributed by atoms with Crippen molar-refractivity contribution < 1.29 is 15.0 Å². The molecule has 0 aliphatic carbocycles. The Balaban J connectivity index is 2.39. The van der Waals surface area contributed by atoms with E-state index in [4.69, 9.17) is 5.11 Å². The second kappa shape index (κ2) is 6.59. The summed E-state index contributed by atoms with van der Waals surface area (Å²) in [5, 5.41) is 30.8. The molecule has 9 heteroatoms. The first-order valence-electron chi connectivity index (χ1n) is 6.27. The molecule has 1 heterocycles. The summed E-state index contributed by atoms with van der Waals surface area (Å²) in [7, 11) is 0. The first kappa shape index (κ1) is 15.3. The number of nitro benzene ring substituents is 1. The molecule has 0 fully saturated rings. The molecule has 0 spiro atoms. The van der Waals surface area contributed by atoms with Crippen LogP contribution >= 0.6 is 0 Å². The van der Waals surface area contributed by atoms with Gasteiger partial charge in [0.1, 0.15) is 12.7 Å². The Hall–Kier alpha value is -3.07. The molecule has 0 saturated heterocycles. The Labute approximate surface area is 124 Å². The normalized spacial score (nSPS) is 11.0. The van der Waals surface area contributed by atoms with Crippen LogP contribution in [-0.4, -0.2) is 31.1 Å². The van der Waals surface area contributed by atoms with Crippen molar-refractivity contribution in [2.24, 2.45) is 0 Å². The number of nitro groups is 2. The summed E-state index contributed by atoms with van der Waals surface area (Å²) in [5.41, 5.74) is 0.280. The van der Waals surface area contributed by atoms with Crippen molar-refractivity contribution in [1.29, 1.82) is 0 Å². The third kappa shape index (κ3) is 3.15. The minimum Gasteiger partial charge on any atom is -0.392 e. The highest BCUT2D eigenvalue weighted by atomic mass is 16.6. The predicted molar refractivity (Wildman–Crippen MR) is 78.0 cm³/mol. The van der Waals surface area contributed by atoms with Gasteiger partial charge in [0, 0.05) is 12.1 Å². The fraction of sp³-hybridized carbons (Fsp3) is 0.154. The van der Waals surface area contributed by atoms with Crippen molar-refractivity contribution in [1.82, 2.24) is 9.55 Å². The molecular weight excluding hydrogens is 292 g/mol. The van der Waals surface area contributed by atoms with Crippen LogP contribution in [0.15, 0.2) is 30.5 Å². The van der Waals surface area contributed by atoms with Crippen molar-refractivity contribution in [3.05, 3.63) is 62.1 Å². The summed E-state index contributed by atoms with van der Waals surface area (Å²) < 4.78 is 1.23. The van der Waals surface area contributed by atoms with E-state index in [0.29, 0.717) is 5.56 Å². The maximum absolute atomic E-state index is 10.9. The van der Waals surface area contributed by atoms with Gasteiger partial charge in [-0.25, -0.2) is 9.55 Å². The monoisotopic (exact) mass is 304 g/mol. The van der Waals surface area contributed by atoms with Gasteiger partial charge in [0.15, 0.2) is 0 Å². The third-order valence-corrected chi connectivity index (χ3v) is 2.92. The van der Waals surface area contributed by atoms with Crippen molar-refractivity contribution in [2.75, 3.05) is 6.61 Å². The molecule has 2 aromatic rings. The lowest BCUT2D eigenvalue weighted by molar-refractivity contribution is -0.392. The maximum Gasteiger partial charge on any atom is 0.343 e. The fourth-order valence-corrected chi connectivity index (χ4v) is 1.95. The fourth-order valence-electron chi connectivity index (χ4n) is 1.95. The number of aromatic nitrogens is 2. The molecule has 0 radical (unpaired) electrons. The van der Waals surface area contributed by atoms with E-state index in [1.807, 2.05) is 0 Å². The number of rotatable bonds is 6. The van der Waals surface area contributed by atoms with E-state index in [1.165, 1.54) is 22.8 Å². The molecule has 0 bridgehead atoms. The molecule has 2 rings (SSSR count). The van der Waals surface area contributed by atoms with E-state index < -0.39 is 9.85 Å². The van der Waals surface area contributed by atoms with Crippen LogP contribution < -0.4 is 0 Å². The zero-order valence-electron chi connectivity index (χ0n) is 11.3. The molecule has 1 N–H and O–H groups in total. The van der Waals surface area contributed by atoms with Crippen LogP contribution in [-0.2, 0) is 6.54 Å². The Morgan fingerprint density at radius 2 is 1.91 bits per heavy atom. The average molecular weight is 304 g/mol. The van der Waals surface area contributed by atoms with Gasteiger partial charge in [0.25, 0.3) is 5.69 Å². The van der Waals surface area contributed by atoms with Crippen LogP contribution in [0.5, 0.6) is 0 Å². The zero-order valence-corrected chi connectivity index (χ0v) is 11.3. The minimum atomic E-state index is -0.606. The van der Waals surface area contributed by atoms with E-state index in [0.717, 1.165) is 6.20 Å². The summed E-state index contributed by atoms with van der Waals surface area (Å²) in [6, 6.07) is 6.12. The Bertz CT molecular complexity index is 738. The van der Waals surface area contributed by atoms with Gasteiger partial charge in [-0.1, -0.05) is 12.1 Å². The average Bonchev–Trinajstić information content (AvgIpc) is 2.89. The van der Waals surface area contributed by atoms with E-state index in [9.17, 15) is 20.2 Å². The first-order valence-corrected chi connectivity index (χ1v) is 6.27. The molecule has 0 aliphatic rings. The number of benzene rings is 1. The van der Waals surface area contributed by atoms with Gasteiger partial charge in [-0.15, -0.1) is 0 Å². The van der Waals surface area contributed by atoms with Crippen molar-refractivity contribution in [2.45, 2.75) is 6.54 Å². The highest BCUT2D eigenvalue weighted by molar-refractivity contribution is 5.72. The summed E-state index contributed by atoms with van der Waals surface area (Å²) in [4.78, 5) is 24.6. The Kier molecular flexibility index (Phi) is 4.59. The predicted octanol–water partition coefficient (Wildman–Crippen LogP) is 1.86. The topological polar surface area (TPSA) is 124 Å². The van der Waals surface area contributed by atoms with Crippen molar-refractivity contribution in [3.8, 4) is 0 Å². The van der Waals surface area contributed by atoms with Crippen molar-refractivity contribution in [3.63, 3.8) is 0 Å². The summed E-state index contributed by atoms with van der Waals surface area (Å²) in [6.07, 6.45) is 3.97. The molecule has 0 amide bonds. The van der Waals surface area contributed by atoms with Gasteiger partial charge >= 0.3 is 5.82 Å². The van der Waals surface area contributed by atoms with Gasteiger partial charge in [-0.2, -0.15) is 0 Å². The third-order valence-electron chi connectivity index (χ3n) is 2.92. The summed E-state index contributed by atoms with van der Waals surface area (Å²) in [6.45, 7) is -0.281. The molecule has 114 valence electrons. The maximum atomic E-state index is 10.9. The highest BCUT2D eigenvalue weighted by Gasteiger charge is 2.18. The largest absolute Gasteiger partial charge is 0.392 e. The van der Waals surface area contributed by atoms with E-state index >= 15 is 0 Å². The van der Waals surface area contributed by atoms with Crippen LogP contribution in [0, 0.1) is 20.2 Å². The Morgan fingerprint density at radius 1 is 1.18 bits per heavy atom. The smallest absolute Gasteiger partial charge is 0.343 e. The van der Waals surface area contributed by atoms with Gasteiger partial charge in [0.05, 0.1) is 17.1 Å².